The third-order valence-corrected chi connectivity index (χ3v) is 3.04. The van der Waals surface area contributed by atoms with Gasteiger partial charge in [0.1, 0.15) is 16.9 Å². The van der Waals surface area contributed by atoms with Crippen LogP contribution in [0.15, 0.2) is 18.2 Å². The molecule has 0 radical (unpaired) electrons. The number of methoxy groups -OCH3 is 1. The molecular weight excluding hydrogens is 294 g/mol. The molecule has 0 aromatic heterocycles. The molecule has 0 unspecified atom stereocenters. The smallest absolute Gasteiger partial charge is 0.470 e. The van der Waals surface area contributed by atoms with E-state index >= 15 is 0 Å². The molecule has 0 amide bonds. The van der Waals surface area contributed by atoms with E-state index in [0.29, 0.717) is 11.3 Å². The monoisotopic (exact) mass is 314 g/mol. The Morgan fingerprint density at radius 3 is 2.48 bits per heavy atom. The van der Waals surface area contributed by atoms with Crippen molar-refractivity contribution in [3.05, 3.63) is 29.3 Å². The number of esters is 1. The summed E-state index contributed by atoms with van der Waals surface area (Å²) in [6.45, 7) is 5.33. The lowest BCUT2D eigenvalue weighted by atomic mass is 9.81. The number of benzene rings is 1. The number of carbonyl (C=O) groups excluding carboxylic acids is 1. The minimum atomic E-state index is -1.65. The summed E-state index contributed by atoms with van der Waals surface area (Å²) >= 11 is 5.85. The Kier molecular flexibility index (Phi) is 6.07. The van der Waals surface area contributed by atoms with E-state index in [9.17, 15) is 4.79 Å². The molecule has 0 spiro atoms. The van der Waals surface area contributed by atoms with Crippen LogP contribution in [-0.2, 0) is 11.2 Å². The van der Waals surface area contributed by atoms with Crippen molar-refractivity contribution in [2.75, 3.05) is 7.11 Å². The van der Waals surface area contributed by atoms with Crippen LogP contribution in [0.1, 0.15) is 36.7 Å². The number of alkyl halides is 1. The molecule has 1 rings (SSSR count). The van der Waals surface area contributed by atoms with Gasteiger partial charge in [-0.15, -0.1) is 11.6 Å². The zero-order chi connectivity index (χ0) is 16.2. The molecule has 0 aliphatic heterocycles. The molecule has 0 bridgehead atoms. The van der Waals surface area contributed by atoms with Crippen molar-refractivity contribution in [3.8, 4) is 5.75 Å². The van der Waals surface area contributed by atoms with E-state index < -0.39 is 24.0 Å². The lowest BCUT2D eigenvalue weighted by molar-refractivity contribution is 0.00663. The second-order valence-corrected chi connectivity index (χ2v) is 6.19. The van der Waals surface area contributed by atoms with Gasteiger partial charge in [0.25, 0.3) is 0 Å². The Morgan fingerprint density at radius 1 is 1.38 bits per heavy atom. The van der Waals surface area contributed by atoms with Crippen molar-refractivity contribution < 1.29 is 24.3 Å². The number of para-hydroxylation sites is 1. The van der Waals surface area contributed by atoms with Crippen LogP contribution in [0.3, 0.4) is 0 Å². The first-order valence-electron chi connectivity index (χ1n) is 6.55. The van der Waals surface area contributed by atoms with E-state index in [1.165, 1.54) is 7.11 Å². The summed E-state index contributed by atoms with van der Waals surface area (Å²) in [7, 11) is -0.216. The molecule has 0 saturated carbocycles. The van der Waals surface area contributed by atoms with Crippen LogP contribution < -0.4 is 4.74 Å². The maximum atomic E-state index is 12.2. The highest BCUT2D eigenvalue weighted by atomic mass is 35.5. The lowest BCUT2D eigenvalue weighted by Gasteiger charge is -2.21. The number of ether oxygens (including phenoxy) is 2. The summed E-state index contributed by atoms with van der Waals surface area (Å²) in [5, 5.41) is 17.2. The highest BCUT2D eigenvalue weighted by Gasteiger charge is 2.26. The van der Waals surface area contributed by atoms with Gasteiger partial charge in [-0.1, -0.05) is 12.1 Å². The Balaban J connectivity index is 3.09. The maximum absolute atomic E-state index is 12.2. The molecule has 116 valence electrons. The number of halogens is 1. The predicted octanol–water partition coefficient (Wildman–Crippen LogP) is 1.81. The first-order chi connectivity index (χ1) is 9.65. The van der Waals surface area contributed by atoms with Crippen LogP contribution in [0, 0.1) is 0 Å². The van der Waals surface area contributed by atoms with Gasteiger partial charge in [-0.2, -0.15) is 0 Å². The zero-order valence-electron chi connectivity index (χ0n) is 12.6. The summed E-state index contributed by atoms with van der Waals surface area (Å²) in [5.41, 5.74) is 0.268. The van der Waals surface area contributed by atoms with Gasteiger partial charge in [-0.25, -0.2) is 4.79 Å². The Morgan fingerprint density at radius 2 is 2.00 bits per heavy atom. The third-order valence-electron chi connectivity index (χ3n) is 2.66. The quantitative estimate of drug-likeness (QED) is 0.492. The molecule has 1 aromatic rings. The van der Waals surface area contributed by atoms with Gasteiger partial charge in [0.05, 0.1) is 12.4 Å². The summed E-state index contributed by atoms with van der Waals surface area (Å²) in [5.74, 6) is -0.171. The number of hydrogen-bond acceptors (Lipinski definition) is 5. The Labute approximate surface area is 130 Å². The Bertz CT molecular complexity index is 499. The number of hydrogen-bond donors (Lipinski definition) is 2. The van der Waals surface area contributed by atoms with E-state index in [2.05, 4.69) is 0 Å². The normalized spacial score (nSPS) is 12.7. The first-order valence-corrected chi connectivity index (χ1v) is 6.98. The predicted molar refractivity (Wildman–Crippen MR) is 81.7 cm³/mol. The third kappa shape index (κ3) is 5.23. The average molecular weight is 315 g/mol. The molecule has 0 saturated heterocycles. The molecule has 0 heterocycles. The van der Waals surface area contributed by atoms with Gasteiger partial charge in [-0.3, -0.25) is 0 Å². The highest BCUT2D eigenvalue weighted by Crippen LogP contribution is 2.28. The molecule has 7 heteroatoms. The number of carbonyl (C=O) groups is 1. The molecule has 0 aliphatic carbocycles. The topological polar surface area (TPSA) is 76.0 Å². The molecule has 0 fully saturated rings. The van der Waals surface area contributed by atoms with Crippen molar-refractivity contribution >= 4 is 24.7 Å². The van der Waals surface area contributed by atoms with Gasteiger partial charge in [0.2, 0.25) is 0 Å². The van der Waals surface area contributed by atoms with Crippen LogP contribution in [0.2, 0.25) is 0 Å². The fourth-order valence-electron chi connectivity index (χ4n) is 1.80. The van der Waals surface area contributed by atoms with Gasteiger partial charge >= 0.3 is 13.1 Å². The van der Waals surface area contributed by atoms with Crippen LogP contribution in [-0.4, -0.2) is 41.1 Å². The molecule has 0 aliphatic rings. The maximum Gasteiger partial charge on any atom is 0.470 e. The van der Waals surface area contributed by atoms with Crippen molar-refractivity contribution in [1.82, 2.24) is 0 Å². The van der Waals surface area contributed by atoms with Crippen LogP contribution in [0.4, 0.5) is 0 Å². The minimum Gasteiger partial charge on any atom is -0.496 e. The molecular formula is C14H20BClO5. The van der Waals surface area contributed by atoms with Crippen molar-refractivity contribution in [2.45, 2.75) is 38.1 Å². The van der Waals surface area contributed by atoms with Crippen LogP contribution in [0.5, 0.6) is 5.75 Å². The average Bonchev–Trinajstić information content (AvgIpc) is 2.36. The van der Waals surface area contributed by atoms with E-state index in [4.69, 9.17) is 31.1 Å². The van der Waals surface area contributed by atoms with Gasteiger partial charge in [0, 0.05) is 0 Å². The van der Waals surface area contributed by atoms with Gasteiger partial charge in [-0.05, 0) is 38.8 Å². The molecule has 2 N–H and O–H groups in total. The fourth-order valence-corrected chi connectivity index (χ4v) is 1.96. The number of rotatable bonds is 5. The van der Waals surface area contributed by atoms with Gasteiger partial charge in [0.15, 0.2) is 0 Å². The second-order valence-electron chi connectivity index (χ2n) is 5.63. The first kappa shape index (κ1) is 17.8. The highest BCUT2D eigenvalue weighted by molar-refractivity contribution is 6.57. The lowest BCUT2D eigenvalue weighted by Crippen LogP contribution is -2.28. The summed E-state index contributed by atoms with van der Waals surface area (Å²) in [4.78, 5) is 12.2. The zero-order valence-corrected chi connectivity index (χ0v) is 13.3. The van der Waals surface area contributed by atoms with Crippen molar-refractivity contribution in [1.29, 1.82) is 0 Å². The van der Waals surface area contributed by atoms with Crippen molar-refractivity contribution in [2.24, 2.45) is 0 Å². The summed E-state index contributed by atoms with van der Waals surface area (Å²) in [6.07, 6.45) is 0.152. The SMILES string of the molecule is COc1c(C[C@@H](Cl)B(O)O)cccc1C(=O)OC(C)(C)C. The van der Waals surface area contributed by atoms with Crippen LogP contribution >= 0.6 is 11.6 Å². The Hall–Kier alpha value is -1.24. The minimum absolute atomic E-state index is 0.152. The second kappa shape index (κ2) is 7.16. The molecule has 1 atom stereocenters. The van der Waals surface area contributed by atoms with E-state index in [1.54, 1.807) is 39.0 Å². The van der Waals surface area contributed by atoms with Crippen molar-refractivity contribution in [3.63, 3.8) is 0 Å². The molecule has 21 heavy (non-hydrogen) atoms. The molecule has 5 nitrogen and oxygen atoms in total. The van der Waals surface area contributed by atoms with E-state index in [0.717, 1.165) is 0 Å². The largest absolute Gasteiger partial charge is 0.496 e. The molecule has 1 aromatic carbocycles. The van der Waals surface area contributed by atoms with Gasteiger partial charge < -0.3 is 19.5 Å². The summed E-state index contributed by atoms with van der Waals surface area (Å²) < 4.78 is 10.6. The standard InChI is InChI=1S/C14H20BClO5/c1-14(2,3)21-13(17)10-7-5-6-9(12(10)20-4)8-11(16)15(18)19/h5-7,11,18-19H,8H2,1-4H3/t11-/m1/s1. The van der Waals surface area contributed by atoms with E-state index in [-0.39, 0.29) is 12.0 Å². The summed E-state index contributed by atoms with van der Waals surface area (Å²) in [6, 6.07) is 4.98. The van der Waals surface area contributed by atoms with Crippen LogP contribution in [0.25, 0.3) is 0 Å². The fraction of sp³-hybridized carbons (Fsp3) is 0.500. The van der Waals surface area contributed by atoms with E-state index in [1.807, 2.05) is 0 Å².